The molecule has 1 saturated carbocycles. The first-order chi connectivity index (χ1) is 25.1. The number of aromatic nitrogens is 3. The van der Waals surface area contributed by atoms with Gasteiger partial charge in [0.25, 0.3) is 5.91 Å². The summed E-state index contributed by atoms with van der Waals surface area (Å²) in [5.41, 5.74) is 13.8. The molecule has 52 heavy (non-hydrogen) atoms. The topological polar surface area (TPSA) is 147 Å². The molecule has 0 radical (unpaired) electrons. The van der Waals surface area contributed by atoms with Gasteiger partial charge in [-0.1, -0.05) is 48.5 Å². The van der Waals surface area contributed by atoms with Crippen LogP contribution in [0.5, 0.6) is 0 Å². The number of carboxylic acids is 1. The van der Waals surface area contributed by atoms with Gasteiger partial charge in [0.15, 0.2) is 11.5 Å². The average Bonchev–Trinajstić information content (AvgIpc) is 3.66. The van der Waals surface area contributed by atoms with Gasteiger partial charge in [-0.2, -0.15) is 0 Å². The molecule has 5 aromatic rings. The molecule has 1 aliphatic heterocycles. The molecule has 2 fully saturated rings. The highest BCUT2D eigenvalue weighted by molar-refractivity contribution is 5.93. The highest BCUT2D eigenvalue weighted by Gasteiger charge is 2.37. The van der Waals surface area contributed by atoms with E-state index in [9.17, 15) is 27.9 Å². The molecule has 268 valence electrons. The van der Waals surface area contributed by atoms with Gasteiger partial charge in [0, 0.05) is 80.5 Å². The van der Waals surface area contributed by atoms with E-state index in [1.807, 2.05) is 6.20 Å². The highest BCUT2D eigenvalue weighted by atomic mass is 19.1. The Hall–Kier alpha value is -5.56. The number of hydrogen-bond donors (Lipinski definition) is 3. The monoisotopic (exact) mass is 710 g/mol. The van der Waals surface area contributed by atoms with Crippen LogP contribution in [0, 0.1) is 29.3 Å². The summed E-state index contributed by atoms with van der Waals surface area (Å²) < 4.78 is 45.8. The number of carboxylic acid groups (broad SMARTS) is 1. The van der Waals surface area contributed by atoms with Gasteiger partial charge in [0.05, 0.1) is 17.2 Å². The lowest BCUT2D eigenvalue weighted by molar-refractivity contribution is -0.144. The predicted molar refractivity (Wildman–Crippen MR) is 187 cm³/mol. The van der Waals surface area contributed by atoms with Crippen molar-refractivity contribution in [3.63, 3.8) is 0 Å². The number of nitrogens with two attached hydrogens (primary N) is 1. The van der Waals surface area contributed by atoms with Gasteiger partial charge in [0.1, 0.15) is 17.5 Å². The Kier molecular flexibility index (Phi) is 9.78. The Balaban J connectivity index is 0.000000169. The predicted octanol–water partition coefficient (Wildman–Crippen LogP) is 6.46. The zero-order valence-electron chi connectivity index (χ0n) is 28.4. The maximum atomic E-state index is 13.9. The van der Waals surface area contributed by atoms with Crippen molar-refractivity contribution in [1.82, 2.24) is 25.3 Å². The number of amides is 1. The summed E-state index contributed by atoms with van der Waals surface area (Å²) in [6, 6.07) is 14.3. The number of piperidine rings is 1. The average molecular weight is 711 g/mol. The number of anilines is 1. The van der Waals surface area contributed by atoms with Crippen molar-refractivity contribution in [3.05, 3.63) is 119 Å². The molecular weight excluding hydrogens is 673 g/mol. The van der Waals surface area contributed by atoms with E-state index in [0.29, 0.717) is 37.6 Å². The lowest BCUT2D eigenvalue weighted by Crippen LogP contribution is -2.53. The van der Waals surface area contributed by atoms with E-state index in [1.165, 1.54) is 22.3 Å². The number of likely N-dealkylation sites (tertiary alicyclic amines) is 1. The van der Waals surface area contributed by atoms with E-state index in [0.717, 1.165) is 48.8 Å². The Morgan fingerprint density at radius 3 is 2.52 bits per heavy atom. The normalized spacial score (nSPS) is 18.5. The third-order valence-corrected chi connectivity index (χ3v) is 10.1. The van der Waals surface area contributed by atoms with Crippen LogP contribution in [0.4, 0.5) is 18.9 Å². The first kappa shape index (κ1) is 34.9. The Bertz CT molecular complexity index is 2100. The Labute approximate surface area is 297 Å². The standard InChI is InChI=1S/C20H20F3N3O4.C19H17N3/c21-11-5-13(22)18(14(23)6-11)17-7-16(25-30-17)19(27)24-15-3-4-26(8-10-1-2-10)9-12(15)20(28)29;1-12(18-11-21-8-9-22-18)14-6-7-16-15-5-3-2-4-13(15)10-17(16)19(14)20/h5-7,10,12,15H,1-4,8-9H2,(H,24,27)(H,28,29);2-9,11-12H,10,20H2,1H3/t12-,15-;12-/m11/s1. The number of carbonyl (C=O) groups is 2. The second-order valence-electron chi connectivity index (χ2n) is 13.6. The molecule has 3 aromatic carbocycles. The number of nitrogens with zero attached hydrogens (tertiary/aromatic N) is 4. The van der Waals surface area contributed by atoms with Crippen molar-refractivity contribution in [2.45, 2.75) is 44.6 Å². The third-order valence-electron chi connectivity index (χ3n) is 10.1. The maximum absolute atomic E-state index is 13.9. The van der Waals surface area contributed by atoms with Crippen LogP contribution in [0.1, 0.15) is 65.0 Å². The molecule has 0 bridgehead atoms. The van der Waals surface area contributed by atoms with E-state index < -0.39 is 46.9 Å². The number of halogens is 3. The van der Waals surface area contributed by atoms with Gasteiger partial charge in [-0.05, 0) is 53.0 Å². The van der Waals surface area contributed by atoms with Crippen LogP contribution in [-0.2, 0) is 11.2 Å². The molecule has 8 rings (SSSR count). The van der Waals surface area contributed by atoms with Crippen molar-refractivity contribution >= 4 is 17.6 Å². The number of benzene rings is 3. The maximum Gasteiger partial charge on any atom is 0.309 e. The fraction of sp³-hybridized carbons (Fsp3) is 0.308. The lowest BCUT2D eigenvalue weighted by Gasteiger charge is -2.36. The minimum atomic E-state index is -1.19. The second kappa shape index (κ2) is 14.6. The first-order valence-electron chi connectivity index (χ1n) is 17.2. The third kappa shape index (κ3) is 7.26. The molecule has 3 atom stereocenters. The van der Waals surface area contributed by atoms with Crippen molar-refractivity contribution in [2.24, 2.45) is 11.8 Å². The van der Waals surface area contributed by atoms with Gasteiger partial charge < -0.3 is 25.6 Å². The summed E-state index contributed by atoms with van der Waals surface area (Å²) in [6.07, 6.45) is 8.94. The summed E-state index contributed by atoms with van der Waals surface area (Å²) in [4.78, 5) is 34.9. The number of rotatable bonds is 8. The van der Waals surface area contributed by atoms with E-state index >= 15 is 0 Å². The number of carbonyl (C=O) groups excluding carboxylic acids is 1. The minimum absolute atomic E-state index is 0.141. The van der Waals surface area contributed by atoms with Gasteiger partial charge >= 0.3 is 5.97 Å². The van der Waals surface area contributed by atoms with Crippen LogP contribution in [-0.4, -0.2) is 62.7 Å². The number of aliphatic carboxylic acids is 1. The number of nitrogen functional groups attached to an aromatic ring is 1. The van der Waals surface area contributed by atoms with Crippen LogP contribution >= 0.6 is 0 Å². The summed E-state index contributed by atoms with van der Waals surface area (Å²) >= 11 is 0. The largest absolute Gasteiger partial charge is 0.481 e. The molecular formula is C39H37F3N6O4. The molecule has 3 aliphatic rings. The fourth-order valence-corrected chi connectivity index (χ4v) is 7.12. The minimum Gasteiger partial charge on any atom is -0.481 e. The molecule has 2 aromatic heterocycles. The fourth-order valence-electron chi connectivity index (χ4n) is 7.12. The smallest absolute Gasteiger partial charge is 0.309 e. The lowest BCUT2D eigenvalue weighted by atomic mass is 9.91. The molecule has 2 aliphatic carbocycles. The van der Waals surface area contributed by atoms with Crippen molar-refractivity contribution in [3.8, 4) is 22.5 Å². The number of fused-ring (bicyclic) bond motifs is 3. The zero-order chi connectivity index (χ0) is 36.5. The van der Waals surface area contributed by atoms with Crippen LogP contribution in [0.3, 0.4) is 0 Å². The second-order valence-corrected chi connectivity index (χ2v) is 13.6. The first-order valence-corrected chi connectivity index (χ1v) is 17.2. The summed E-state index contributed by atoms with van der Waals surface area (Å²) in [5, 5.41) is 15.7. The molecule has 3 heterocycles. The SMILES string of the molecule is C[C@@H](c1cnccn1)c1ccc2c(c1N)Cc1ccccc1-2.O=C(N[C@@H]1CCN(CC2CC2)C[C@H]1C(=O)O)c1cc(-c2c(F)cc(F)cc2F)on1. The van der Waals surface area contributed by atoms with E-state index in [4.69, 9.17) is 10.3 Å². The Morgan fingerprint density at radius 2 is 1.81 bits per heavy atom. The van der Waals surface area contributed by atoms with E-state index in [1.54, 1.807) is 12.4 Å². The molecule has 10 nitrogen and oxygen atoms in total. The van der Waals surface area contributed by atoms with Crippen molar-refractivity contribution in [1.29, 1.82) is 0 Å². The summed E-state index contributed by atoms with van der Waals surface area (Å²) in [6.45, 7) is 4.00. The molecule has 4 N–H and O–H groups in total. The van der Waals surface area contributed by atoms with Crippen molar-refractivity contribution < 1.29 is 32.4 Å². The zero-order valence-corrected chi connectivity index (χ0v) is 28.4. The number of nitrogens with one attached hydrogen (secondary N) is 1. The summed E-state index contributed by atoms with van der Waals surface area (Å²) in [5.74, 6) is -5.55. The van der Waals surface area contributed by atoms with Gasteiger partial charge in [-0.25, -0.2) is 13.2 Å². The van der Waals surface area contributed by atoms with Crippen LogP contribution in [0.2, 0.25) is 0 Å². The van der Waals surface area contributed by atoms with Crippen LogP contribution < -0.4 is 11.1 Å². The van der Waals surface area contributed by atoms with Gasteiger partial charge in [-0.15, -0.1) is 0 Å². The van der Waals surface area contributed by atoms with Gasteiger partial charge in [0.2, 0.25) is 0 Å². The van der Waals surface area contributed by atoms with E-state index in [-0.39, 0.29) is 17.4 Å². The molecule has 0 unspecified atom stereocenters. The highest BCUT2D eigenvalue weighted by Crippen LogP contribution is 2.42. The quantitative estimate of drug-likeness (QED) is 0.152. The van der Waals surface area contributed by atoms with Crippen LogP contribution in [0.25, 0.3) is 22.5 Å². The summed E-state index contributed by atoms with van der Waals surface area (Å²) in [7, 11) is 0. The molecule has 0 spiro atoms. The number of hydrogen-bond acceptors (Lipinski definition) is 8. The molecule has 13 heteroatoms. The van der Waals surface area contributed by atoms with Gasteiger partial charge in [-0.3, -0.25) is 19.6 Å². The molecule has 1 saturated heterocycles. The Morgan fingerprint density at radius 1 is 1.04 bits per heavy atom. The van der Waals surface area contributed by atoms with E-state index in [2.05, 4.69) is 68.7 Å². The van der Waals surface area contributed by atoms with Crippen molar-refractivity contribution in [2.75, 3.05) is 25.4 Å². The van der Waals surface area contributed by atoms with Crippen LogP contribution in [0.15, 0.2) is 77.7 Å². The molecule has 1 amide bonds.